The number of thioether (sulfide) groups is 2. The van der Waals surface area contributed by atoms with Crippen molar-refractivity contribution in [2.24, 2.45) is 0 Å². The molecule has 3 heterocycles. The first-order chi connectivity index (χ1) is 19.3. The van der Waals surface area contributed by atoms with Gasteiger partial charge in [0.25, 0.3) is 5.56 Å². The molecule has 41 heavy (non-hydrogen) atoms. The fraction of sp³-hybridized carbons (Fsp3) is 0.656. The maximum absolute atomic E-state index is 12.7. The third-order valence-electron chi connectivity index (χ3n) is 8.84. The first-order valence-electron chi connectivity index (χ1n) is 15.0. The molecule has 1 aromatic heterocycles. The van der Waals surface area contributed by atoms with Crippen LogP contribution >= 0.6 is 23.5 Å². The fourth-order valence-electron chi connectivity index (χ4n) is 6.46. The van der Waals surface area contributed by atoms with E-state index in [1.807, 2.05) is 27.7 Å². The Bertz CT molecular complexity index is 1290. The number of aromatic hydroxyl groups is 3. The van der Waals surface area contributed by atoms with Crippen molar-refractivity contribution in [2.45, 2.75) is 131 Å². The molecule has 0 spiro atoms. The molecule has 2 aromatic rings. The summed E-state index contributed by atoms with van der Waals surface area (Å²) < 4.78 is 1.51. The van der Waals surface area contributed by atoms with Gasteiger partial charge >= 0.3 is 0 Å². The lowest BCUT2D eigenvalue weighted by atomic mass is 9.78. The van der Waals surface area contributed by atoms with Gasteiger partial charge in [-0.25, -0.2) is 0 Å². The molecule has 2 aliphatic heterocycles. The largest absolute Gasteiger partial charge is 0.507 e. The number of hydrogen-bond acceptors (Lipinski definition) is 8. The van der Waals surface area contributed by atoms with Gasteiger partial charge in [-0.3, -0.25) is 9.36 Å². The molecule has 2 aliphatic rings. The lowest BCUT2D eigenvalue weighted by Gasteiger charge is -2.30. The highest BCUT2D eigenvalue weighted by Gasteiger charge is 2.32. The van der Waals surface area contributed by atoms with Gasteiger partial charge in [-0.2, -0.15) is 0 Å². The standard InChI is InChI=1S/C32H47NO6S2/c1-31(2,28-24(36)18-25-22(29(28)38)12-16-40-25)14-6-10-20(34)8-5-9-21(35)11-7-15-32(3,4)33-27(37)19-26-23(30(33)39)13-17-41-26/h18-21,34-36,38-39H,5-17H2,1-4H3. The van der Waals surface area contributed by atoms with Crippen LogP contribution in [0, 0.1) is 0 Å². The van der Waals surface area contributed by atoms with Crippen molar-refractivity contribution in [3.8, 4) is 17.4 Å². The second kappa shape index (κ2) is 13.2. The Hall–Kier alpha value is -1.81. The molecule has 1 aromatic carbocycles. The summed E-state index contributed by atoms with van der Waals surface area (Å²) in [6.45, 7) is 7.97. The van der Waals surface area contributed by atoms with Crippen LogP contribution in [0.1, 0.15) is 102 Å². The first kappa shape index (κ1) is 32.1. The lowest BCUT2D eigenvalue weighted by molar-refractivity contribution is 0.118. The molecule has 0 bridgehead atoms. The monoisotopic (exact) mass is 605 g/mol. The molecule has 2 atom stereocenters. The fourth-order valence-corrected chi connectivity index (χ4v) is 8.63. The predicted octanol–water partition coefficient (Wildman–Crippen LogP) is 6.21. The maximum atomic E-state index is 12.7. The molecule has 0 fully saturated rings. The number of hydrogen-bond donors (Lipinski definition) is 5. The summed E-state index contributed by atoms with van der Waals surface area (Å²) in [5, 5.41) is 53.3. The van der Waals surface area contributed by atoms with Crippen molar-refractivity contribution in [3.63, 3.8) is 0 Å². The third kappa shape index (κ3) is 7.40. The number of fused-ring (bicyclic) bond motifs is 2. The van der Waals surface area contributed by atoms with E-state index < -0.39 is 23.2 Å². The van der Waals surface area contributed by atoms with Gasteiger partial charge in [-0.05, 0) is 89.5 Å². The topological polar surface area (TPSA) is 123 Å². The highest BCUT2D eigenvalue weighted by molar-refractivity contribution is 7.99. The predicted molar refractivity (Wildman–Crippen MR) is 167 cm³/mol. The molecule has 9 heteroatoms. The van der Waals surface area contributed by atoms with E-state index in [1.54, 1.807) is 35.7 Å². The van der Waals surface area contributed by atoms with Crippen molar-refractivity contribution in [1.29, 1.82) is 0 Å². The van der Waals surface area contributed by atoms with E-state index in [0.29, 0.717) is 37.7 Å². The molecule has 228 valence electrons. The number of benzene rings is 1. The van der Waals surface area contributed by atoms with Gasteiger partial charge in [0.15, 0.2) is 5.88 Å². The summed E-state index contributed by atoms with van der Waals surface area (Å²) in [5.41, 5.74) is 1.25. The lowest BCUT2D eigenvalue weighted by Crippen LogP contribution is -2.36. The van der Waals surface area contributed by atoms with E-state index in [4.69, 9.17) is 0 Å². The summed E-state index contributed by atoms with van der Waals surface area (Å²) in [6.07, 6.45) is 6.74. The number of rotatable bonds is 14. The number of aromatic nitrogens is 1. The zero-order valence-electron chi connectivity index (χ0n) is 24.9. The Morgan fingerprint density at radius 1 is 0.805 bits per heavy atom. The molecule has 0 amide bonds. The summed E-state index contributed by atoms with van der Waals surface area (Å²) in [4.78, 5) is 14.6. The second-order valence-corrected chi connectivity index (χ2v) is 15.3. The minimum absolute atomic E-state index is 0.0837. The summed E-state index contributed by atoms with van der Waals surface area (Å²) in [5.74, 6) is 2.26. The van der Waals surface area contributed by atoms with Gasteiger partial charge in [-0.15, -0.1) is 23.5 Å². The Morgan fingerprint density at radius 2 is 1.34 bits per heavy atom. The number of nitrogens with zero attached hydrogens (tertiary/aromatic N) is 1. The van der Waals surface area contributed by atoms with Gasteiger partial charge in [-0.1, -0.05) is 20.3 Å². The molecule has 0 saturated carbocycles. The molecular formula is C32H47NO6S2. The van der Waals surface area contributed by atoms with Crippen LogP contribution in [-0.2, 0) is 23.8 Å². The average molecular weight is 606 g/mol. The van der Waals surface area contributed by atoms with Gasteiger partial charge < -0.3 is 25.5 Å². The first-order valence-corrected chi connectivity index (χ1v) is 17.0. The van der Waals surface area contributed by atoms with Crippen LogP contribution in [0.15, 0.2) is 26.7 Å². The summed E-state index contributed by atoms with van der Waals surface area (Å²) in [6, 6.07) is 3.41. The quantitative estimate of drug-likeness (QED) is 0.172. The van der Waals surface area contributed by atoms with Gasteiger partial charge in [0, 0.05) is 49.6 Å². The molecular weight excluding hydrogens is 558 g/mol. The highest BCUT2D eigenvalue weighted by Crippen LogP contribution is 2.48. The van der Waals surface area contributed by atoms with Crippen molar-refractivity contribution in [2.75, 3.05) is 11.5 Å². The van der Waals surface area contributed by atoms with E-state index >= 15 is 0 Å². The maximum Gasteiger partial charge on any atom is 0.254 e. The van der Waals surface area contributed by atoms with E-state index in [1.165, 1.54) is 4.57 Å². The van der Waals surface area contributed by atoms with E-state index in [9.17, 15) is 30.3 Å². The minimum Gasteiger partial charge on any atom is -0.507 e. The minimum atomic E-state index is -0.556. The van der Waals surface area contributed by atoms with Crippen molar-refractivity contribution < 1.29 is 25.5 Å². The zero-order valence-corrected chi connectivity index (χ0v) is 26.5. The van der Waals surface area contributed by atoms with E-state index in [0.717, 1.165) is 70.9 Å². The van der Waals surface area contributed by atoms with Crippen molar-refractivity contribution in [3.05, 3.63) is 39.2 Å². The summed E-state index contributed by atoms with van der Waals surface area (Å²) in [7, 11) is 0. The van der Waals surface area contributed by atoms with Crippen LogP contribution in [0.25, 0.3) is 0 Å². The third-order valence-corrected chi connectivity index (χ3v) is 11.0. The van der Waals surface area contributed by atoms with Crippen LogP contribution in [0.2, 0.25) is 0 Å². The molecule has 0 saturated heterocycles. The Morgan fingerprint density at radius 3 is 1.98 bits per heavy atom. The zero-order chi connectivity index (χ0) is 29.9. The number of phenols is 2. The van der Waals surface area contributed by atoms with Crippen LogP contribution in [0.4, 0.5) is 0 Å². The number of pyridine rings is 1. The highest BCUT2D eigenvalue weighted by atomic mass is 32.2. The van der Waals surface area contributed by atoms with Gasteiger partial charge in [0.05, 0.1) is 12.2 Å². The van der Waals surface area contributed by atoms with Crippen LogP contribution in [0.5, 0.6) is 17.4 Å². The molecule has 7 nitrogen and oxygen atoms in total. The Kier molecular flexibility index (Phi) is 10.4. The summed E-state index contributed by atoms with van der Waals surface area (Å²) >= 11 is 3.27. The van der Waals surface area contributed by atoms with E-state index in [2.05, 4.69) is 0 Å². The molecule has 0 radical (unpaired) electrons. The average Bonchev–Trinajstić information content (AvgIpc) is 3.53. The molecule has 0 aliphatic carbocycles. The Labute approximate surface area is 252 Å². The number of phenolic OH excluding ortho intramolecular Hbond substituents is 2. The molecule has 4 rings (SSSR count). The van der Waals surface area contributed by atoms with Crippen molar-refractivity contribution >= 4 is 23.5 Å². The van der Waals surface area contributed by atoms with Gasteiger partial charge in [0.1, 0.15) is 11.5 Å². The van der Waals surface area contributed by atoms with Crippen molar-refractivity contribution in [1.82, 2.24) is 4.57 Å². The normalized spacial score (nSPS) is 16.5. The smallest absolute Gasteiger partial charge is 0.254 e. The van der Waals surface area contributed by atoms with Gasteiger partial charge in [0.2, 0.25) is 0 Å². The second-order valence-electron chi connectivity index (χ2n) is 13.0. The van der Waals surface area contributed by atoms with Crippen LogP contribution in [-0.4, -0.2) is 53.8 Å². The number of aliphatic hydroxyl groups excluding tert-OH is 2. The molecule has 5 N–H and O–H groups in total. The molecule has 2 unspecified atom stereocenters. The van der Waals surface area contributed by atoms with E-state index in [-0.39, 0.29) is 22.9 Å². The number of aliphatic hydroxyl groups is 2. The SMILES string of the molecule is CC(C)(CCCC(O)CCCC(O)CCCC(C)(C)n1c(O)c2c(cc1=O)SCC2)c1c(O)cc2c(c1O)CCS2. The van der Waals surface area contributed by atoms with Crippen LogP contribution < -0.4 is 5.56 Å². The Balaban J connectivity index is 1.17. The van der Waals surface area contributed by atoms with Crippen LogP contribution in [0.3, 0.4) is 0 Å².